The third-order valence-corrected chi connectivity index (χ3v) is 4.78. The summed E-state index contributed by atoms with van der Waals surface area (Å²) in [6.07, 6.45) is 1.53. The third kappa shape index (κ3) is 3.73. The van der Waals surface area contributed by atoms with Gasteiger partial charge in [-0.25, -0.2) is 4.79 Å². The van der Waals surface area contributed by atoms with E-state index >= 15 is 0 Å². The molecule has 0 radical (unpaired) electrons. The minimum atomic E-state index is -0.369. The largest absolute Gasteiger partial charge is 0.422 e. The van der Waals surface area contributed by atoms with Gasteiger partial charge >= 0.3 is 5.97 Å². The summed E-state index contributed by atoms with van der Waals surface area (Å²) in [5, 5.41) is 0. The SMILES string of the molecule is Cc1ccc(C)c(OC(=O)c2cccc(CN3CCCC3=O)c2)c1C. The molecular formula is C21H23NO3. The average molecular weight is 337 g/mol. The molecule has 0 aliphatic carbocycles. The molecule has 25 heavy (non-hydrogen) atoms. The smallest absolute Gasteiger partial charge is 0.343 e. The van der Waals surface area contributed by atoms with Crippen LogP contribution >= 0.6 is 0 Å². The van der Waals surface area contributed by atoms with E-state index in [0.717, 1.165) is 35.2 Å². The zero-order chi connectivity index (χ0) is 18.0. The maximum Gasteiger partial charge on any atom is 0.343 e. The van der Waals surface area contributed by atoms with Gasteiger partial charge in [-0.2, -0.15) is 0 Å². The Hall–Kier alpha value is -2.62. The molecule has 130 valence electrons. The maximum absolute atomic E-state index is 12.6. The lowest BCUT2D eigenvalue weighted by Gasteiger charge is -2.16. The van der Waals surface area contributed by atoms with Gasteiger partial charge in [0.05, 0.1) is 5.56 Å². The predicted molar refractivity (Wildman–Crippen MR) is 96.7 cm³/mol. The average Bonchev–Trinajstić information content (AvgIpc) is 3.00. The van der Waals surface area contributed by atoms with Gasteiger partial charge in [0.2, 0.25) is 5.91 Å². The Kier molecular flexibility index (Phi) is 4.88. The van der Waals surface area contributed by atoms with Crippen molar-refractivity contribution in [2.75, 3.05) is 6.54 Å². The molecule has 1 fully saturated rings. The van der Waals surface area contributed by atoms with E-state index in [0.29, 0.717) is 24.3 Å². The monoisotopic (exact) mass is 337 g/mol. The number of ether oxygens (including phenoxy) is 1. The lowest BCUT2D eigenvalue weighted by atomic mass is 10.1. The highest BCUT2D eigenvalue weighted by Crippen LogP contribution is 2.26. The number of hydrogen-bond acceptors (Lipinski definition) is 3. The molecule has 4 heteroatoms. The van der Waals surface area contributed by atoms with Crippen LogP contribution in [0.15, 0.2) is 36.4 Å². The molecule has 1 aliphatic rings. The van der Waals surface area contributed by atoms with Gasteiger partial charge in [0.1, 0.15) is 5.75 Å². The second kappa shape index (κ2) is 7.09. The highest BCUT2D eigenvalue weighted by molar-refractivity contribution is 5.91. The van der Waals surface area contributed by atoms with E-state index in [2.05, 4.69) is 0 Å². The first-order chi connectivity index (χ1) is 12.0. The van der Waals surface area contributed by atoms with Crippen LogP contribution < -0.4 is 4.74 Å². The van der Waals surface area contributed by atoms with Gasteiger partial charge in [-0.15, -0.1) is 0 Å². The van der Waals surface area contributed by atoms with Gasteiger partial charge in [-0.1, -0.05) is 24.3 Å². The maximum atomic E-state index is 12.6. The first-order valence-corrected chi connectivity index (χ1v) is 8.61. The molecule has 1 aliphatic heterocycles. The molecule has 2 aromatic rings. The van der Waals surface area contributed by atoms with Crippen molar-refractivity contribution >= 4 is 11.9 Å². The van der Waals surface area contributed by atoms with Crippen molar-refractivity contribution in [1.82, 2.24) is 4.90 Å². The molecule has 0 aromatic heterocycles. The van der Waals surface area contributed by atoms with Crippen LogP contribution in [0.1, 0.15) is 45.5 Å². The quantitative estimate of drug-likeness (QED) is 0.627. The lowest BCUT2D eigenvalue weighted by Crippen LogP contribution is -2.24. The Bertz CT molecular complexity index is 826. The Labute approximate surface area is 148 Å². The zero-order valence-corrected chi connectivity index (χ0v) is 15.0. The number of hydrogen-bond donors (Lipinski definition) is 0. The van der Waals surface area contributed by atoms with E-state index < -0.39 is 0 Å². The number of esters is 1. The Morgan fingerprint density at radius 1 is 1.12 bits per heavy atom. The molecular weight excluding hydrogens is 314 g/mol. The summed E-state index contributed by atoms with van der Waals surface area (Å²) in [5.74, 6) is 0.440. The summed E-state index contributed by atoms with van der Waals surface area (Å²) in [6.45, 7) is 7.22. The van der Waals surface area contributed by atoms with E-state index in [-0.39, 0.29) is 11.9 Å². The van der Waals surface area contributed by atoms with Gasteiger partial charge in [-0.05, 0) is 61.6 Å². The molecule has 0 N–H and O–H groups in total. The van der Waals surface area contributed by atoms with Crippen molar-refractivity contribution in [3.8, 4) is 5.75 Å². The van der Waals surface area contributed by atoms with Gasteiger partial charge in [0.15, 0.2) is 0 Å². The van der Waals surface area contributed by atoms with Crippen molar-refractivity contribution in [2.45, 2.75) is 40.2 Å². The Morgan fingerprint density at radius 2 is 1.88 bits per heavy atom. The van der Waals surface area contributed by atoms with E-state index in [4.69, 9.17) is 4.74 Å². The van der Waals surface area contributed by atoms with Gasteiger partial charge in [0.25, 0.3) is 0 Å². The predicted octanol–water partition coefficient (Wildman–Crippen LogP) is 3.95. The number of amides is 1. The van der Waals surface area contributed by atoms with Gasteiger partial charge in [0, 0.05) is 19.5 Å². The summed E-state index contributed by atoms with van der Waals surface area (Å²) >= 11 is 0. The van der Waals surface area contributed by atoms with Crippen LogP contribution in [0.5, 0.6) is 5.75 Å². The van der Waals surface area contributed by atoms with Crippen molar-refractivity contribution in [3.63, 3.8) is 0 Å². The van der Waals surface area contributed by atoms with E-state index in [9.17, 15) is 9.59 Å². The summed E-state index contributed by atoms with van der Waals surface area (Å²) in [7, 11) is 0. The molecule has 1 heterocycles. The van der Waals surface area contributed by atoms with E-state index in [1.54, 1.807) is 6.07 Å². The summed E-state index contributed by atoms with van der Waals surface area (Å²) < 4.78 is 5.67. The van der Waals surface area contributed by atoms with Crippen LogP contribution in [0.4, 0.5) is 0 Å². The Morgan fingerprint density at radius 3 is 2.60 bits per heavy atom. The minimum absolute atomic E-state index is 0.180. The van der Waals surface area contributed by atoms with Crippen LogP contribution in [0, 0.1) is 20.8 Å². The molecule has 1 saturated heterocycles. The number of aryl methyl sites for hydroxylation is 2. The first-order valence-electron chi connectivity index (χ1n) is 8.61. The number of nitrogens with zero attached hydrogens (tertiary/aromatic N) is 1. The molecule has 0 unspecified atom stereocenters. The summed E-state index contributed by atoms with van der Waals surface area (Å²) in [6, 6.07) is 11.3. The van der Waals surface area contributed by atoms with Crippen LogP contribution in [-0.2, 0) is 11.3 Å². The molecule has 0 saturated carbocycles. The highest BCUT2D eigenvalue weighted by Gasteiger charge is 2.20. The number of carbonyl (C=O) groups excluding carboxylic acids is 2. The molecule has 0 atom stereocenters. The second-order valence-corrected chi connectivity index (χ2v) is 6.66. The van der Waals surface area contributed by atoms with Gasteiger partial charge < -0.3 is 9.64 Å². The molecule has 0 bridgehead atoms. The van der Waals surface area contributed by atoms with Crippen LogP contribution in [-0.4, -0.2) is 23.3 Å². The van der Waals surface area contributed by atoms with Crippen molar-refractivity contribution < 1.29 is 14.3 Å². The molecule has 1 amide bonds. The lowest BCUT2D eigenvalue weighted by molar-refractivity contribution is -0.128. The van der Waals surface area contributed by atoms with Crippen molar-refractivity contribution in [3.05, 3.63) is 64.2 Å². The van der Waals surface area contributed by atoms with Crippen LogP contribution in [0.3, 0.4) is 0 Å². The molecule has 0 spiro atoms. The zero-order valence-electron chi connectivity index (χ0n) is 15.0. The number of benzene rings is 2. The molecule has 2 aromatic carbocycles. The van der Waals surface area contributed by atoms with E-state index in [1.165, 1.54) is 0 Å². The number of rotatable bonds is 4. The number of carbonyl (C=O) groups is 2. The standard InChI is InChI=1S/C21H23NO3/c1-14-9-10-15(2)20(16(14)3)25-21(24)18-7-4-6-17(12-18)13-22-11-5-8-19(22)23/h4,6-7,9-10,12H,5,8,11,13H2,1-3H3. The highest BCUT2D eigenvalue weighted by atomic mass is 16.5. The number of likely N-dealkylation sites (tertiary alicyclic amines) is 1. The minimum Gasteiger partial charge on any atom is -0.422 e. The topological polar surface area (TPSA) is 46.6 Å². The fourth-order valence-corrected chi connectivity index (χ4v) is 3.12. The normalized spacial score (nSPS) is 14.0. The molecule has 3 rings (SSSR count). The van der Waals surface area contributed by atoms with E-state index in [1.807, 2.05) is 56.0 Å². The van der Waals surface area contributed by atoms with Crippen LogP contribution in [0.25, 0.3) is 0 Å². The summed E-state index contributed by atoms with van der Waals surface area (Å²) in [4.78, 5) is 26.2. The Balaban J connectivity index is 1.78. The summed E-state index contributed by atoms with van der Waals surface area (Å²) in [5.41, 5.74) is 4.46. The second-order valence-electron chi connectivity index (χ2n) is 6.66. The molecule has 4 nitrogen and oxygen atoms in total. The van der Waals surface area contributed by atoms with Gasteiger partial charge in [-0.3, -0.25) is 4.79 Å². The fourth-order valence-electron chi connectivity index (χ4n) is 3.12. The van der Waals surface area contributed by atoms with Crippen molar-refractivity contribution in [1.29, 1.82) is 0 Å². The van der Waals surface area contributed by atoms with Crippen molar-refractivity contribution in [2.24, 2.45) is 0 Å². The van der Waals surface area contributed by atoms with Crippen LogP contribution in [0.2, 0.25) is 0 Å². The fraction of sp³-hybridized carbons (Fsp3) is 0.333. The third-order valence-electron chi connectivity index (χ3n) is 4.78. The first kappa shape index (κ1) is 17.2.